The number of methoxy groups -OCH3 is 2. The lowest BCUT2D eigenvalue weighted by Crippen LogP contribution is -2.38. The van der Waals surface area contributed by atoms with Gasteiger partial charge in [0.1, 0.15) is 5.75 Å². The molecule has 2 aromatic carbocycles. The van der Waals surface area contributed by atoms with Crippen molar-refractivity contribution in [1.29, 1.82) is 0 Å². The van der Waals surface area contributed by atoms with E-state index in [1.165, 1.54) is 23.8 Å². The Hall–Kier alpha value is -2.55. The predicted molar refractivity (Wildman–Crippen MR) is 95.5 cm³/mol. The third-order valence-corrected chi connectivity index (χ3v) is 6.32. The molecule has 0 aliphatic heterocycles. The first-order valence-electron chi connectivity index (χ1n) is 8.80. The number of rotatable bonds is 3. The fourth-order valence-corrected chi connectivity index (χ4v) is 5.39. The summed E-state index contributed by atoms with van der Waals surface area (Å²) in [6.45, 7) is 0. The second kappa shape index (κ2) is 5.22. The lowest BCUT2D eigenvalue weighted by molar-refractivity contribution is -0.137. The molecule has 5 rings (SSSR count). The summed E-state index contributed by atoms with van der Waals surface area (Å²) in [4.78, 5) is 12.5. The molecular formula is C22H20O3. The minimum Gasteiger partial charge on any atom is -0.497 e. The van der Waals surface area contributed by atoms with E-state index in [0.717, 1.165) is 23.3 Å². The highest BCUT2D eigenvalue weighted by atomic mass is 16.5. The zero-order chi connectivity index (χ0) is 17.1. The number of carbonyl (C=O) groups is 1. The summed E-state index contributed by atoms with van der Waals surface area (Å²) < 4.78 is 10.4. The zero-order valence-electron chi connectivity index (χ0n) is 14.4. The van der Waals surface area contributed by atoms with E-state index in [9.17, 15) is 4.79 Å². The third kappa shape index (κ3) is 1.84. The monoisotopic (exact) mass is 332 g/mol. The van der Waals surface area contributed by atoms with Gasteiger partial charge in [-0.2, -0.15) is 0 Å². The van der Waals surface area contributed by atoms with E-state index in [-0.39, 0.29) is 5.97 Å². The molecule has 1 fully saturated rings. The number of allylic oxidation sites excluding steroid dienone is 1. The van der Waals surface area contributed by atoms with E-state index in [1.54, 1.807) is 7.11 Å². The average Bonchev–Trinajstić information content (AvgIpc) is 3.15. The van der Waals surface area contributed by atoms with E-state index in [1.807, 2.05) is 12.1 Å². The Morgan fingerprint density at radius 1 is 0.920 bits per heavy atom. The Morgan fingerprint density at radius 3 is 2.16 bits per heavy atom. The van der Waals surface area contributed by atoms with Gasteiger partial charge in [0.05, 0.1) is 14.2 Å². The number of hydrogen-bond acceptors (Lipinski definition) is 3. The number of hydrogen-bond donors (Lipinski definition) is 0. The lowest BCUT2D eigenvalue weighted by atomic mass is 9.58. The van der Waals surface area contributed by atoms with Crippen molar-refractivity contribution in [3.8, 4) is 5.75 Å². The minimum absolute atomic E-state index is 0.169. The van der Waals surface area contributed by atoms with Crippen LogP contribution in [0, 0.1) is 11.8 Å². The molecule has 0 N–H and O–H groups in total. The first-order valence-corrected chi connectivity index (χ1v) is 8.80. The second-order valence-electron chi connectivity index (χ2n) is 7.18. The quantitative estimate of drug-likeness (QED) is 0.792. The van der Waals surface area contributed by atoms with Gasteiger partial charge in [0, 0.05) is 11.5 Å². The molecule has 0 spiro atoms. The summed E-state index contributed by atoms with van der Waals surface area (Å²) in [6.07, 6.45) is 1.15. The van der Waals surface area contributed by atoms with Crippen molar-refractivity contribution in [2.45, 2.75) is 18.3 Å². The van der Waals surface area contributed by atoms with Crippen LogP contribution in [0.3, 0.4) is 0 Å². The molecule has 0 radical (unpaired) electrons. The molecule has 2 aromatic rings. The van der Waals surface area contributed by atoms with Gasteiger partial charge in [0.25, 0.3) is 0 Å². The minimum atomic E-state index is -0.169. The van der Waals surface area contributed by atoms with Crippen molar-refractivity contribution in [3.05, 3.63) is 70.8 Å². The maximum absolute atomic E-state index is 12.5. The summed E-state index contributed by atoms with van der Waals surface area (Å²) in [5.41, 5.74) is 6.10. The molecule has 0 saturated heterocycles. The molecule has 1 saturated carbocycles. The van der Waals surface area contributed by atoms with Crippen molar-refractivity contribution in [1.82, 2.24) is 0 Å². The smallest absolute Gasteiger partial charge is 0.334 e. The first kappa shape index (κ1) is 14.8. The normalized spacial score (nSPS) is 28.2. The predicted octanol–water partition coefficient (Wildman–Crippen LogP) is 4.15. The van der Waals surface area contributed by atoms with Crippen molar-refractivity contribution in [2.24, 2.45) is 11.8 Å². The van der Waals surface area contributed by atoms with Crippen LogP contribution >= 0.6 is 0 Å². The van der Waals surface area contributed by atoms with Crippen LogP contribution in [0.15, 0.2) is 54.1 Å². The summed E-state index contributed by atoms with van der Waals surface area (Å²) in [6, 6.07) is 16.8. The van der Waals surface area contributed by atoms with Crippen LogP contribution in [0.2, 0.25) is 0 Å². The maximum Gasteiger partial charge on any atom is 0.334 e. The highest BCUT2D eigenvalue weighted by Crippen LogP contribution is 2.70. The zero-order valence-corrected chi connectivity index (χ0v) is 14.4. The van der Waals surface area contributed by atoms with Crippen LogP contribution in [0.1, 0.15) is 34.9 Å². The Balaban J connectivity index is 1.63. The molecule has 3 aliphatic rings. The molecule has 4 atom stereocenters. The topological polar surface area (TPSA) is 35.5 Å². The third-order valence-electron chi connectivity index (χ3n) is 6.32. The van der Waals surface area contributed by atoms with E-state index in [0.29, 0.717) is 23.7 Å². The van der Waals surface area contributed by atoms with Crippen LogP contribution in [0.25, 0.3) is 5.57 Å². The summed E-state index contributed by atoms with van der Waals surface area (Å²) in [7, 11) is 3.15. The van der Waals surface area contributed by atoms with Crippen molar-refractivity contribution >= 4 is 11.5 Å². The van der Waals surface area contributed by atoms with Crippen molar-refractivity contribution in [2.75, 3.05) is 14.2 Å². The fraction of sp³-hybridized carbons (Fsp3) is 0.318. The Morgan fingerprint density at radius 2 is 1.56 bits per heavy atom. The molecule has 0 heterocycles. The molecule has 0 unspecified atom stereocenters. The highest BCUT2D eigenvalue weighted by Gasteiger charge is 2.60. The standard InChI is InChI=1S/C22H20O3/c1-24-13-9-7-12(8-10-13)18-19-16-11-17(15-6-4-3-5-14(15)16)20(19)21(18)22(23)25-2/h3-10,16-17,19-20H,11H2,1-2H3/t16-,17+,19+,20+/m0/s1. The number of benzene rings is 2. The Labute approximate surface area is 147 Å². The van der Waals surface area contributed by atoms with E-state index >= 15 is 0 Å². The largest absolute Gasteiger partial charge is 0.497 e. The van der Waals surface area contributed by atoms with Crippen LogP contribution in [-0.4, -0.2) is 20.2 Å². The van der Waals surface area contributed by atoms with E-state index in [2.05, 4.69) is 36.4 Å². The maximum atomic E-state index is 12.5. The summed E-state index contributed by atoms with van der Waals surface area (Å²) in [5.74, 6) is 2.39. The lowest BCUT2D eigenvalue weighted by Gasteiger charge is -2.44. The number of ether oxygens (including phenoxy) is 2. The molecule has 126 valence electrons. The first-order chi connectivity index (χ1) is 12.2. The van der Waals surface area contributed by atoms with Crippen LogP contribution in [0.5, 0.6) is 5.75 Å². The Bertz CT molecular complexity index is 894. The van der Waals surface area contributed by atoms with Gasteiger partial charge in [-0.1, -0.05) is 36.4 Å². The van der Waals surface area contributed by atoms with Gasteiger partial charge in [-0.15, -0.1) is 0 Å². The number of esters is 1. The molecular weight excluding hydrogens is 312 g/mol. The molecule has 2 bridgehead atoms. The molecule has 0 amide bonds. The van der Waals surface area contributed by atoms with Gasteiger partial charge >= 0.3 is 5.97 Å². The van der Waals surface area contributed by atoms with Gasteiger partial charge in [0.15, 0.2) is 0 Å². The SMILES string of the molecule is COC(=O)C1=C(c2ccc(OC)cc2)[C@@H]2[C@H]1[C@@H]1C[C@H]2c2ccccc21. The van der Waals surface area contributed by atoms with Crippen LogP contribution in [-0.2, 0) is 9.53 Å². The summed E-state index contributed by atoms with van der Waals surface area (Å²) in [5, 5.41) is 0. The van der Waals surface area contributed by atoms with Crippen LogP contribution in [0.4, 0.5) is 0 Å². The van der Waals surface area contributed by atoms with Gasteiger partial charge in [0.2, 0.25) is 0 Å². The molecule has 3 aliphatic carbocycles. The molecule has 25 heavy (non-hydrogen) atoms. The molecule has 0 aromatic heterocycles. The van der Waals surface area contributed by atoms with E-state index in [4.69, 9.17) is 9.47 Å². The van der Waals surface area contributed by atoms with Crippen molar-refractivity contribution < 1.29 is 14.3 Å². The van der Waals surface area contributed by atoms with Gasteiger partial charge in [-0.25, -0.2) is 4.79 Å². The second-order valence-corrected chi connectivity index (χ2v) is 7.18. The number of carbonyl (C=O) groups excluding carboxylic acids is 1. The summed E-state index contributed by atoms with van der Waals surface area (Å²) >= 11 is 0. The fourth-order valence-electron chi connectivity index (χ4n) is 5.39. The van der Waals surface area contributed by atoms with Crippen molar-refractivity contribution in [3.63, 3.8) is 0 Å². The van der Waals surface area contributed by atoms with E-state index < -0.39 is 0 Å². The average molecular weight is 332 g/mol. The van der Waals surface area contributed by atoms with Gasteiger partial charge in [-0.3, -0.25) is 0 Å². The van der Waals surface area contributed by atoms with Gasteiger partial charge in [-0.05, 0) is 58.6 Å². The molecule has 3 nitrogen and oxygen atoms in total. The molecule has 3 heteroatoms. The van der Waals surface area contributed by atoms with Crippen LogP contribution < -0.4 is 4.74 Å². The number of fused-ring (bicyclic) bond motifs is 8. The van der Waals surface area contributed by atoms with Gasteiger partial charge < -0.3 is 9.47 Å². The highest BCUT2D eigenvalue weighted by molar-refractivity contribution is 6.04. The Kier molecular flexibility index (Phi) is 3.08.